The molecule has 0 atom stereocenters. The van der Waals surface area contributed by atoms with Crippen molar-refractivity contribution >= 4 is 22.5 Å². The third-order valence-electron chi connectivity index (χ3n) is 0.500. The van der Waals surface area contributed by atoms with Gasteiger partial charge < -0.3 is 5.32 Å². The summed E-state index contributed by atoms with van der Waals surface area (Å²) in [6.07, 6.45) is 0. The molecule has 0 aromatic heterocycles. The fourth-order valence-corrected chi connectivity index (χ4v) is 0.250. The van der Waals surface area contributed by atoms with Crippen molar-refractivity contribution in [2.45, 2.75) is 13.8 Å². The molecule has 0 amide bonds. The number of hydrogen-bond donors (Lipinski definition) is 2. The Bertz CT molecular complexity index is 19.2. The lowest BCUT2D eigenvalue weighted by molar-refractivity contribution is 0.762. The van der Waals surface area contributed by atoms with E-state index in [1.165, 1.54) is 0 Å². The average molecular weight is 142 g/mol. The Balaban J connectivity index is 0. The number of nitrogens with one attached hydrogen (secondary N) is 1. The maximum atomic E-state index is 4.33. The van der Waals surface area contributed by atoms with Gasteiger partial charge in [0.1, 0.15) is 0 Å². The van der Waals surface area contributed by atoms with E-state index in [1.54, 1.807) is 0 Å². The van der Waals surface area contributed by atoms with Gasteiger partial charge in [0.2, 0.25) is 0 Å². The fraction of sp³-hybridized carbons (Fsp3) is 1.00. The SMILES string of the molecule is CCNCC.SCl. The molecule has 0 unspecified atom stereocenters. The number of hydrogen-bond acceptors (Lipinski definition) is 2. The van der Waals surface area contributed by atoms with Crippen molar-refractivity contribution < 1.29 is 0 Å². The second-order valence-corrected chi connectivity index (χ2v) is 0.957. The summed E-state index contributed by atoms with van der Waals surface area (Å²) in [5, 5.41) is 3.11. The maximum absolute atomic E-state index is 4.33. The Labute approximate surface area is 55.4 Å². The number of rotatable bonds is 2. The molecule has 0 fully saturated rings. The predicted molar refractivity (Wildman–Crippen MR) is 39.1 cm³/mol. The summed E-state index contributed by atoms with van der Waals surface area (Å²) in [5.74, 6) is 0. The molecule has 0 saturated carbocycles. The fourth-order valence-electron chi connectivity index (χ4n) is 0.250. The largest absolute Gasteiger partial charge is 0.317 e. The van der Waals surface area contributed by atoms with E-state index >= 15 is 0 Å². The van der Waals surface area contributed by atoms with Gasteiger partial charge in [0, 0.05) is 0 Å². The van der Waals surface area contributed by atoms with E-state index in [4.69, 9.17) is 0 Å². The van der Waals surface area contributed by atoms with Crippen LogP contribution in [0.25, 0.3) is 0 Å². The second-order valence-electron chi connectivity index (χ2n) is 0.957. The Hall–Kier alpha value is 0.600. The molecular formula is C4H12ClNS. The van der Waals surface area contributed by atoms with Crippen molar-refractivity contribution in [3.05, 3.63) is 0 Å². The monoisotopic (exact) mass is 141 g/mol. The molecule has 0 heterocycles. The minimum absolute atomic E-state index is 1.09. The highest BCUT2D eigenvalue weighted by molar-refractivity contribution is 8.05. The van der Waals surface area contributed by atoms with Crippen LogP contribution in [-0.2, 0) is 0 Å². The zero-order valence-corrected chi connectivity index (χ0v) is 6.39. The quantitative estimate of drug-likeness (QED) is 0.558. The van der Waals surface area contributed by atoms with Crippen molar-refractivity contribution in [1.29, 1.82) is 0 Å². The topological polar surface area (TPSA) is 12.0 Å². The maximum Gasteiger partial charge on any atom is -0.00775 e. The van der Waals surface area contributed by atoms with Crippen molar-refractivity contribution in [2.24, 2.45) is 0 Å². The lowest BCUT2D eigenvalue weighted by atomic mass is 10.7. The van der Waals surface area contributed by atoms with Crippen molar-refractivity contribution in [3.63, 3.8) is 0 Å². The van der Waals surface area contributed by atoms with Crippen LogP contribution in [0.4, 0.5) is 0 Å². The molecule has 0 rings (SSSR count). The molecule has 0 saturated heterocycles. The first-order valence-corrected chi connectivity index (χ1v) is 3.64. The molecular weight excluding hydrogens is 130 g/mol. The van der Waals surface area contributed by atoms with Crippen molar-refractivity contribution in [3.8, 4) is 0 Å². The molecule has 0 aliphatic heterocycles. The summed E-state index contributed by atoms with van der Waals surface area (Å²) in [5.41, 5.74) is 0. The van der Waals surface area contributed by atoms with Crippen molar-refractivity contribution in [1.82, 2.24) is 5.32 Å². The molecule has 1 N–H and O–H groups in total. The van der Waals surface area contributed by atoms with Crippen LogP contribution in [0.2, 0.25) is 0 Å². The molecule has 0 aromatic rings. The van der Waals surface area contributed by atoms with E-state index in [9.17, 15) is 0 Å². The molecule has 7 heavy (non-hydrogen) atoms. The first-order valence-electron chi connectivity index (χ1n) is 2.29. The lowest BCUT2D eigenvalue weighted by Gasteiger charge is -1.86. The molecule has 3 heteroatoms. The van der Waals surface area contributed by atoms with E-state index in [-0.39, 0.29) is 0 Å². The van der Waals surface area contributed by atoms with Crippen LogP contribution >= 0.6 is 22.5 Å². The van der Waals surface area contributed by atoms with Crippen LogP contribution < -0.4 is 5.32 Å². The average Bonchev–Trinajstić information content (AvgIpc) is 1.75. The van der Waals surface area contributed by atoms with Gasteiger partial charge in [-0.15, -0.1) is 0 Å². The predicted octanol–water partition coefficient (Wildman–Crippen LogP) is 1.69. The standard InChI is InChI=1S/C4H11N.ClHS/c1-3-5-4-2;1-2/h5H,3-4H2,1-2H3;2H. The molecule has 1 nitrogen and oxygen atoms in total. The highest BCUT2D eigenvalue weighted by Gasteiger charge is 1.62. The van der Waals surface area contributed by atoms with Crippen LogP contribution in [0.15, 0.2) is 0 Å². The van der Waals surface area contributed by atoms with Crippen LogP contribution in [0, 0.1) is 0 Å². The van der Waals surface area contributed by atoms with Gasteiger partial charge in [-0.1, -0.05) is 25.7 Å². The van der Waals surface area contributed by atoms with Gasteiger partial charge in [0.15, 0.2) is 0 Å². The van der Waals surface area contributed by atoms with Crippen LogP contribution in [0.1, 0.15) is 13.8 Å². The van der Waals surface area contributed by atoms with Gasteiger partial charge in [0.25, 0.3) is 0 Å². The summed E-state index contributed by atoms with van der Waals surface area (Å²) in [6.45, 7) is 6.39. The highest BCUT2D eigenvalue weighted by Crippen LogP contribution is 1.67. The molecule has 0 radical (unpaired) electrons. The highest BCUT2D eigenvalue weighted by atomic mass is 35.7. The Morgan fingerprint density at radius 2 is 1.57 bits per heavy atom. The van der Waals surface area contributed by atoms with Crippen LogP contribution in [0.3, 0.4) is 0 Å². The normalized spacial score (nSPS) is 6.86. The number of thiol groups is 1. The second kappa shape index (κ2) is 16.0. The summed E-state index contributed by atoms with van der Waals surface area (Å²) in [4.78, 5) is 0. The Morgan fingerprint density at radius 1 is 1.29 bits per heavy atom. The van der Waals surface area contributed by atoms with E-state index in [0.29, 0.717) is 0 Å². The summed E-state index contributed by atoms with van der Waals surface area (Å²) < 4.78 is 0. The van der Waals surface area contributed by atoms with Crippen LogP contribution in [0.5, 0.6) is 0 Å². The van der Waals surface area contributed by atoms with Gasteiger partial charge >= 0.3 is 0 Å². The first-order chi connectivity index (χ1) is 3.41. The van der Waals surface area contributed by atoms with E-state index in [2.05, 4.69) is 41.7 Å². The molecule has 0 aliphatic rings. The molecule has 46 valence electrons. The zero-order valence-electron chi connectivity index (χ0n) is 4.74. The summed E-state index contributed by atoms with van der Waals surface area (Å²) in [6, 6.07) is 0. The van der Waals surface area contributed by atoms with Gasteiger partial charge in [-0.3, -0.25) is 0 Å². The van der Waals surface area contributed by atoms with E-state index < -0.39 is 0 Å². The Kier molecular flexibility index (Phi) is 24.1. The number of halogens is 1. The molecule has 0 bridgehead atoms. The molecule has 0 aliphatic carbocycles. The molecule has 0 spiro atoms. The zero-order chi connectivity index (χ0) is 6.12. The van der Waals surface area contributed by atoms with Gasteiger partial charge in [-0.2, -0.15) is 0 Å². The Morgan fingerprint density at radius 3 is 1.57 bits per heavy atom. The lowest BCUT2D eigenvalue weighted by Crippen LogP contribution is -2.09. The van der Waals surface area contributed by atoms with Crippen molar-refractivity contribution in [2.75, 3.05) is 13.1 Å². The van der Waals surface area contributed by atoms with Gasteiger partial charge in [-0.25, -0.2) is 0 Å². The summed E-state index contributed by atoms with van der Waals surface area (Å²) >= 11 is 3.00. The van der Waals surface area contributed by atoms with E-state index in [1.807, 2.05) is 0 Å². The summed E-state index contributed by atoms with van der Waals surface area (Å²) in [7, 11) is 4.33. The third-order valence-corrected chi connectivity index (χ3v) is 0.500. The minimum Gasteiger partial charge on any atom is -0.317 e. The van der Waals surface area contributed by atoms with E-state index in [0.717, 1.165) is 13.1 Å². The van der Waals surface area contributed by atoms with Crippen LogP contribution in [-0.4, -0.2) is 13.1 Å². The van der Waals surface area contributed by atoms with Gasteiger partial charge in [-0.05, 0) is 23.8 Å². The van der Waals surface area contributed by atoms with Gasteiger partial charge in [0.05, 0.1) is 0 Å². The third kappa shape index (κ3) is 20.7. The first kappa shape index (κ1) is 10.6. The molecule has 0 aromatic carbocycles. The smallest absolute Gasteiger partial charge is 0.00775 e. The minimum atomic E-state index is 1.09.